The summed E-state index contributed by atoms with van der Waals surface area (Å²) in [6.45, 7) is 6.88. The molecule has 8 heteroatoms. The molecule has 4 amide bonds. The number of ether oxygens (including phenoxy) is 1. The van der Waals surface area contributed by atoms with E-state index in [1.165, 1.54) is 12.8 Å². The highest BCUT2D eigenvalue weighted by molar-refractivity contribution is 5.91. The van der Waals surface area contributed by atoms with E-state index in [0.717, 1.165) is 0 Å². The SMILES string of the molecule is COCCN1C[C@H]2CN(CC(=O)NCC3CC3)C(=O)N2[C@@H](CC(C)C)C1=O. The monoisotopic (exact) mass is 380 g/mol. The zero-order valence-electron chi connectivity index (χ0n) is 16.6. The quantitative estimate of drug-likeness (QED) is 0.632. The molecular formula is C19H32N4O4. The number of urea groups is 1. The van der Waals surface area contributed by atoms with Crippen molar-refractivity contribution in [3.05, 3.63) is 0 Å². The molecule has 0 unspecified atom stereocenters. The van der Waals surface area contributed by atoms with Crippen molar-refractivity contribution in [3.63, 3.8) is 0 Å². The Labute approximate surface area is 161 Å². The third kappa shape index (κ3) is 4.72. The maximum atomic E-state index is 13.0. The van der Waals surface area contributed by atoms with Crippen molar-refractivity contribution in [2.75, 3.05) is 46.4 Å². The minimum Gasteiger partial charge on any atom is -0.383 e. The first-order chi connectivity index (χ1) is 12.9. The fourth-order valence-corrected chi connectivity index (χ4v) is 3.95. The lowest BCUT2D eigenvalue weighted by Crippen LogP contribution is -2.61. The van der Waals surface area contributed by atoms with Crippen LogP contribution in [0.2, 0.25) is 0 Å². The standard InChI is InChI=1S/C19H32N4O4/c1-13(2)8-16-18(25)21(6-7-27-3)10-15-11-22(19(26)23(15)16)12-17(24)20-9-14-4-5-14/h13-16H,4-12H2,1-3H3,(H,20,24)/t15-,16-/m0/s1. The van der Waals surface area contributed by atoms with E-state index in [1.54, 1.807) is 16.9 Å². The van der Waals surface area contributed by atoms with Crippen LogP contribution in [-0.2, 0) is 14.3 Å². The van der Waals surface area contributed by atoms with Gasteiger partial charge in [0.15, 0.2) is 0 Å². The van der Waals surface area contributed by atoms with Crippen LogP contribution in [0.1, 0.15) is 33.1 Å². The van der Waals surface area contributed by atoms with E-state index in [4.69, 9.17) is 4.74 Å². The van der Waals surface area contributed by atoms with Crippen LogP contribution in [0.25, 0.3) is 0 Å². The number of methoxy groups -OCH3 is 1. The zero-order valence-corrected chi connectivity index (χ0v) is 16.6. The van der Waals surface area contributed by atoms with Crippen molar-refractivity contribution in [2.24, 2.45) is 11.8 Å². The number of piperazine rings is 1. The highest BCUT2D eigenvalue weighted by Gasteiger charge is 2.49. The maximum Gasteiger partial charge on any atom is 0.321 e. The van der Waals surface area contributed by atoms with E-state index in [0.29, 0.717) is 51.0 Å². The normalized spacial score (nSPS) is 25.4. The summed E-state index contributed by atoms with van der Waals surface area (Å²) in [6.07, 6.45) is 2.98. The average molecular weight is 380 g/mol. The number of hydrogen-bond donors (Lipinski definition) is 1. The summed E-state index contributed by atoms with van der Waals surface area (Å²) < 4.78 is 5.13. The van der Waals surface area contributed by atoms with Gasteiger partial charge < -0.3 is 24.8 Å². The van der Waals surface area contributed by atoms with Gasteiger partial charge in [-0.25, -0.2) is 4.79 Å². The van der Waals surface area contributed by atoms with Crippen molar-refractivity contribution in [3.8, 4) is 0 Å². The molecule has 0 radical (unpaired) electrons. The number of amides is 4. The first kappa shape index (κ1) is 19.9. The lowest BCUT2D eigenvalue weighted by atomic mass is 9.97. The fraction of sp³-hybridized carbons (Fsp3) is 0.842. The van der Waals surface area contributed by atoms with E-state index < -0.39 is 6.04 Å². The minimum atomic E-state index is -0.451. The van der Waals surface area contributed by atoms with Crippen LogP contribution in [-0.4, -0.2) is 91.1 Å². The average Bonchev–Trinajstić information content (AvgIpc) is 3.39. The lowest BCUT2D eigenvalue weighted by molar-refractivity contribution is -0.143. The third-order valence-corrected chi connectivity index (χ3v) is 5.56. The van der Waals surface area contributed by atoms with E-state index in [2.05, 4.69) is 19.2 Å². The number of nitrogens with zero attached hydrogens (tertiary/aromatic N) is 3. The molecule has 3 rings (SSSR count). The molecule has 3 fully saturated rings. The fourth-order valence-electron chi connectivity index (χ4n) is 3.95. The Kier molecular flexibility index (Phi) is 6.24. The molecule has 2 heterocycles. The van der Waals surface area contributed by atoms with Crippen LogP contribution in [0.3, 0.4) is 0 Å². The Hall–Kier alpha value is -1.83. The Morgan fingerprint density at radius 3 is 2.56 bits per heavy atom. The van der Waals surface area contributed by atoms with Gasteiger partial charge >= 0.3 is 6.03 Å². The van der Waals surface area contributed by atoms with Gasteiger partial charge in [0.2, 0.25) is 11.8 Å². The molecule has 2 saturated heterocycles. The summed E-state index contributed by atoms with van der Waals surface area (Å²) >= 11 is 0. The zero-order chi connectivity index (χ0) is 19.6. The van der Waals surface area contributed by atoms with Gasteiger partial charge in [0, 0.05) is 33.3 Å². The first-order valence-electron chi connectivity index (χ1n) is 10.0. The van der Waals surface area contributed by atoms with Crippen LogP contribution >= 0.6 is 0 Å². The van der Waals surface area contributed by atoms with E-state index in [-0.39, 0.29) is 30.4 Å². The molecule has 152 valence electrons. The largest absolute Gasteiger partial charge is 0.383 e. The summed E-state index contributed by atoms with van der Waals surface area (Å²) in [6, 6.07) is -0.702. The van der Waals surface area contributed by atoms with Gasteiger partial charge in [-0.05, 0) is 31.1 Å². The number of fused-ring (bicyclic) bond motifs is 1. The van der Waals surface area contributed by atoms with Gasteiger partial charge in [-0.15, -0.1) is 0 Å². The third-order valence-electron chi connectivity index (χ3n) is 5.56. The maximum absolute atomic E-state index is 13.0. The Bertz CT molecular complexity index is 578. The van der Waals surface area contributed by atoms with Crippen LogP contribution in [0.4, 0.5) is 4.79 Å². The molecule has 0 bridgehead atoms. The summed E-state index contributed by atoms with van der Waals surface area (Å²) in [7, 11) is 1.62. The Balaban J connectivity index is 1.66. The number of nitrogens with one attached hydrogen (secondary N) is 1. The lowest BCUT2D eigenvalue weighted by Gasteiger charge is -2.42. The summed E-state index contributed by atoms with van der Waals surface area (Å²) in [5.41, 5.74) is 0. The first-order valence-corrected chi connectivity index (χ1v) is 10.0. The van der Waals surface area contributed by atoms with Crippen molar-refractivity contribution < 1.29 is 19.1 Å². The smallest absolute Gasteiger partial charge is 0.321 e. The van der Waals surface area contributed by atoms with Gasteiger partial charge in [0.05, 0.1) is 12.6 Å². The highest BCUT2D eigenvalue weighted by Crippen LogP contribution is 2.29. The van der Waals surface area contributed by atoms with E-state index in [1.807, 2.05) is 4.90 Å². The second-order valence-corrected chi connectivity index (χ2v) is 8.39. The van der Waals surface area contributed by atoms with E-state index >= 15 is 0 Å². The van der Waals surface area contributed by atoms with Crippen molar-refractivity contribution in [1.29, 1.82) is 0 Å². The molecule has 0 aromatic heterocycles. The van der Waals surface area contributed by atoms with Gasteiger partial charge in [-0.1, -0.05) is 13.8 Å². The molecule has 1 aliphatic carbocycles. The van der Waals surface area contributed by atoms with Crippen LogP contribution in [0.5, 0.6) is 0 Å². The summed E-state index contributed by atoms with van der Waals surface area (Å²) in [4.78, 5) is 43.2. The molecule has 8 nitrogen and oxygen atoms in total. The van der Waals surface area contributed by atoms with Crippen LogP contribution in [0, 0.1) is 11.8 Å². The minimum absolute atomic E-state index is 0.00890. The molecule has 1 N–H and O–H groups in total. The summed E-state index contributed by atoms with van der Waals surface area (Å²) in [5, 5.41) is 2.92. The van der Waals surface area contributed by atoms with Crippen molar-refractivity contribution in [1.82, 2.24) is 20.0 Å². The van der Waals surface area contributed by atoms with Gasteiger partial charge in [0.25, 0.3) is 0 Å². The number of rotatable bonds is 9. The van der Waals surface area contributed by atoms with Crippen LogP contribution < -0.4 is 5.32 Å². The van der Waals surface area contributed by atoms with Gasteiger partial charge in [0.1, 0.15) is 12.6 Å². The molecule has 0 spiro atoms. The van der Waals surface area contributed by atoms with Crippen molar-refractivity contribution in [2.45, 2.75) is 45.2 Å². The van der Waals surface area contributed by atoms with Crippen LogP contribution in [0.15, 0.2) is 0 Å². The molecule has 2 atom stereocenters. The molecule has 3 aliphatic rings. The van der Waals surface area contributed by atoms with Gasteiger partial charge in [-0.3, -0.25) is 9.59 Å². The second-order valence-electron chi connectivity index (χ2n) is 8.39. The number of carbonyl (C=O) groups is 3. The van der Waals surface area contributed by atoms with E-state index in [9.17, 15) is 14.4 Å². The molecule has 27 heavy (non-hydrogen) atoms. The molecule has 1 saturated carbocycles. The summed E-state index contributed by atoms with van der Waals surface area (Å²) in [5.74, 6) is 0.783. The number of carbonyl (C=O) groups excluding carboxylic acids is 3. The molecule has 2 aliphatic heterocycles. The predicted octanol–water partition coefficient (Wildman–Crippen LogP) is 0.522. The Morgan fingerprint density at radius 1 is 1.22 bits per heavy atom. The second kappa shape index (κ2) is 8.46. The predicted molar refractivity (Wildman–Crippen MR) is 100 cm³/mol. The molecule has 0 aromatic carbocycles. The number of hydrogen-bond acceptors (Lipinski definition) is 4. The van der Waals surface area contributed by atoms with Crippen molar-refractivity contribution >= 4 is 17.8 Å². The van der Waals surface area contributed by atoms with Gasteiger partial charge in [-0.2, -0.15) is 0 Å². The topological polar surface area (TPSA) is 82.2 Å². The Morgan fingerprint density at radius 2 is 1.93 bits per heavy atom. The molecule has 0 aromatic rings. The molecular weight excluding hydrogens is 348 g/mol. The highest BCUT2D eigenvalue weighted by atomic mass is 16.5.